The van der Waals surface area contributed by atoms with Crippen LogP contribution in [0.25, 0.3) is 0 Å². The van der Waals surface area contributed by atoms with E-state index < -0.39 is 11.5 Å². The predicted octanol–water partition coefficient (Wildman–Crippen LogP) is 2.83. The summed E-state index contributed by atoms with van der Waals surface area (Å²) >= 11 is 0. The summed E-state index contributed by atoms with van der Waals surface area (Å²) in [5.74, 6) is 0.569. The first-order chi connectivity index (χ1) is 12.7. The molecule has 1 saturated carbocycles. The molecule has 2 rings (SSSR count). The number of carbonyl (C=O) groups excluding carboxylic acids is 2. The van der Waals surface area contributed by atoms with Gasteiger partial charge in [-0.15, -0.1) is 0 Å². The third-order valence-corrected chi connectivity index (χ3v) is 5.56. The van der Waals surface area contributed by atoms with Crippen LogP contribution >= 0.6 is 0 Å². The third kappa shape index (κ3) is 4.61. The van der Waals surface area contributed by atoms with Crippen molar-refractivity contribution in [2.24, 2.45) is 17.8 Å². The Hall–Kier alpha value is -2.08. The van der Waals surface area contributed by atoms with Gasteiger partial charge in [-0.05, 0) is 42.7 Å². The molecule has 0 aliphatic heterocycles. The van der Waals surface area contributed by atoms with Gasteiger partial charge in [-0.1, -0.05) is 27.2 Å². The molecule has 0 radical (unpaired) electrons. The molecule has 1 aromatic rings. The van der Waals surface area contributed by atoms with Gasteiger partial charge in [0.15, 0.2) is 5.78 Å². The predicted molar refractivity (Wildman–Crippen MR) is 103 cm³/mol. The molecule has 2 N–H and O–H groups in total. The van der Waals surface area contributed by atoms with Gasteiger partial charge in [0.05, 0.1) is 26.3 Å². The number of nitrogens with one attached hydrogen (secondary N) is 1. The van der Waals surface area contributed by atoms with Gasteiger partial charge < -0.3 is 19.9 Å². The maximum absolute atomic E-state index is 12.8. The molecule has 1 aliphatic carbocycles. The minimum absolute atomic E-state index is 0.112. The SMILES string of the molecule is COc1ccc(C(=O)CNC(=O)[C@]2(O)C[C@H](C)CC[C@H]2C(C)C)c(OC)c1. The molecule has 1 amide bonds. The summed E-state index contributed by atoms with van der Waals surface area (Å²) in [6.07, 6.45) is 2.23. The fourth-order valence-electron chi connectivity index (χ4n) is 4.07. The Kier molecular flexibility index (Phi) is 6.87. The maximum atomic E-state index is 12.8. The number of ketones is 1. The van der Waals surface area contributed by atoms with E-state index >= 15 is 0 Å². The largest absolute Gasteiger partial charge is 0.497 e. The number of carbonyl (C=O) groups is 2. The summed E-state index contributed by atoms with van der Waals surface area (Å²) in [6.45, 7) is 5.89. The van der Waals surface area contributed by atoms with Gasteiger partial charge in [-0.25, -0.2) is 0 Å². The van der Waals surface area contributed by atoms with Gasteiger partial charge in [-0.2, -0.15) is 0 Å². The Morgan fingerprint density at radius 3 is 2.56 bits per heavy atom. The van der Waals surface area contributed by atoms with Gasteiger partial charge in [-0.3, -0.25) is 9.59 Å². The highest BCUT2D eigenvalue weighted by Gasteiger charge is 2.48. The molecule has 0 unspecified atom stereocenters. The topological polar surface area (TPSA) is 84.9 Å². The van der Waals surface area contributed by atoms with Crippen molar-refractivity contribution in [2.75, 3.05) is 20.8 Å². The van der Waals surface area contributed by atoms with Crippen LogP contribution in [0.4, 0.5) is 0 Å². The van der Waals surface area contributed by atoms with Crippen molar-refractivity contribution >= 4 is 11.7 Å². The second-order valence-corrected chi connectivity index (χ2v) is 7.83. The molecule has 0 aromatic heterocycles. The highest BCUT2D eigenvalue weighted by molar-refractivity contribution is 6.02. The minimum atomic E-state index is -1.43. The molecule has 3 atom stereocenters. The lowest BCUT2D eigenvalue weighted by Gasteiger charge is -2.43. The van der Waals surface area contributed by atoms with Crippen molar-refractivity contribution in [3.63, 3.8) is 0 Å². The van der Waals surface area contributed by atoms with E-state index in [2.05, 4.69) is 5.32 Å². The first kappa shape index (κ1) is 21.2. The Balaban J connectivity index is 2.10. The van der Waals surface area contributed by atoms with Gasteiger partial charge in [0.25, 0.3) is 5.91 Å². The van der Waals surface area contributed by atoms with E-state index in [1.54, 1.807) is 18.2 Å². The lowest BCUT2D eigenvalue weighted by Crippen LogP contribution is -2.56. The second kappa shape index (κ2) is 8.74. The van der Waals surface area contributed by atoms with Crippen molar-refractivity contribution in [2.45, 2.75) is 45.6 Å². The number of hydrogen-bond donors (Lipinski definition) is 2. The molecular weight excluding hydrogens is 346 g/mol. The van der Waals surface area contributed by atoms with Crippen LogP contribution in [0.1, 0.15) is 50.4 Å². The lowest BCUT2D eigenvalue weighted by atomic mass is 9.66. The van der Waals surface area contributed by atoms with Gasteiger partial charge in [0.1, 0.15) is 17.1 Å². The van der Waals surface area contributed by atoms with Crippen molar-refractivity contribution in [1.29, 1.82) is 0 Å². The number of amides is 1. The molecule has 0 heterocycles. The van der Waals surface area contributed by atoms with Crippen LogP contribution in [0, 0.1) is 17.8 Å². The molecule has 0 spiro atoms. The summed E-state index contributed by atoms with van der Waals surface area (Å²) < 4.78 is 10.4. The molecule has 6 nitrogen and oxygen atoms in total. The van der Waals surface area contributed by atoms with Crippen LogP contribution in [0.2, 0.25) is 0 Å². The number of benzene rings is 1. The van der Waals surface area contributed by atoms with Crippen molar-refractivity contribution in [1.82, 2.24) is 5.32 Å². The standard InChI is InChI=1S/C21H31NO5/c1-13(2)17-9-6-14(3)11-21(17,25)20(24)22-12-18(23)16-8-7-15(26-4)10-19(16)27-5/h7-8,10,13-14,17,25H,6,9,11-12H2,1-5H3,(H,22,24)/t14-,17+,21+/m1/s1. The maximum Gasteiger partial charge on any atom is 0.252 e. The zero-order valence-electron chi connectivity index (χ0n) is 16.9. The number of hydrogen-bond acceptors (Lipinski definition) is 5. The summed E-state index contributed by atoms with van der Waals surface area (Å²) in [5.41, 5.74) is -1.07. The van der Waals surface area contributed by atoms with Crippen LogP contribution in [0.15, 0.2) is 18.2 Å². The quantitative estimate of drug-likeness (QED) is 0.714. The zero-order chi connectivity index (χ0) is 20.2. The molecule has 1 aromatic carbocycles. The fraction of sp³-hybridized carbons (Fsp3) is 0.619. The monoisotopic (exact) mass is 377 g/mol. The zero-order valence-corrected chi connectivity index (χ0v) is 16.9. The van der Waals surface area contributed by atoms with Crippen molar-refractivity contribution in [3.05, 3.63) is 23.8 Å². The van der Waals surface area contributed by atoms with Gasteiger partial charge >= 0.3 is 0 Å². The molecule has 0 saturated heterocycles. The van der Waals surface area contributed by atoms with E-state index in [0.717, 1.165) is 12.8 Å². The molecule has 0 bridgehead atoms. The number of ether oxygens (including phenoxy) is 2. The Morgan fingerprint density at radius 2 is 1.96 bits per heavy atom. The average molecular weight is 377 g/mol. The van der Waals surface area contributed by atoms with Crippen LogP contribution in [-0.4, -0.2) is 43.2 Å². The first-order valence-electron chi connectivity index (χ1n) is 9.48. The molecule has 6 heteroatoms. The summed E-state index contributed by atoms with van der Waals surface area (Å²) in [4.78, 5) is 25.4. The summed E-state index contributed by atoms with van der Waals surface area (Å²) in [5, 5.41) is 13.8. The van der Waals surface area contributed by atoms with Crippen molar-refractivity contribution in [3.8, 4) is 11.5 Å². The molecular formula is C21H31NO5. The van der Waals surface area contributed by atoms with E-state index in [0.29, 0.717) is 23.5 Å². The first-order valence-corrected chi connectivity index (χ1v) is 9.48. The highest BCUT2D eigenvalue weighted by atomic mass is 16.5. The highest BCUT2D eigenvalue weighted by Crippen LogP contribution is 2.41. The number of Topliss-reactive ketones (excluding diaryl/α,β-unsaturated/α-hetero) is 1. The van der Waals surface area contributed by atoms with E-state index in [1.165, 1.54) is 14.2 Å². The van der Waals surface area contributed by atoms with Gasteiger partial charge in [0, 0.05) is 6.07 Å². The number of methoxy groups -OCH3 is 2. The molecule has 27 heavy (non-hydrogen) atoms. The Bertz CT molecular complexity index is 687. The smallest absolute Gasteiger partial charge is 0.252 e. The van der Waals surface area contributed by atoms with Crippen LogP contribution in [-0.2, 0) is 4.79 Å². The Labute approximate surface area is 161 Å². The lowest BCUT2D eigenvalue weighted by molar-refractivity contribution is -0.155. The van der Waals surface area contributed by atoms with Crippen LogP contribution in [0.3, 0.4) is 0 Å². The normalized spacial score (nSPS) is 25.1. The average Bonchev–Trinajstić information content (AvgIpc) is 2.64. The van der Waals surface area contributed by atoms with Gasteiger partial charge in [0.2, 0.25) is 0 Å². The Morgan fingerprint density at radius 1 is 1.26 bits per heavy atom. The van der Waals surface area contributed by atoms with Crippen molar-refractivity contribution < 1.29 is 24.2 Å². The summed E-state index contributed by atoms with van der Waals surface area (Å²) in [7, 11) is 3.01. The van der Waals surface area contributed by atoms with Crippen LogP contribution < -0.4 is 14.8 Å². The third-order valence-electron chi connectivity index (χ3n) is 5.56. The fourth-order valence-corrected chi connectivity index (χ4v) is 4.07. The molecule has 1 aliphatic rings. The van der Waals surface area contributed by atoms with E-state index in [-0.39, 0.29) is 30.1 Å². The van der Waals surface area contributed by atoms with Crippen LogP contribution in [0.5, 0.6) is 11.5 Å². The number of aliphatic hydroxyl groups is 1. The second-order valence-electron chi connectivity index (χ2n) is 7.83. The minimum Gasteiger partial charge on any atom is -0.497 e. The molecule has 1 fully saturated rings. The number of rotatable bonds is 7. The van der Waals surface area contributed by atoms with E-state index in [4.69, 9.17) is 9.47 Å². The summed E-state index contributed by atoms with van der Waals surface area (Å²) in [6, 6.07) is 4.91. The molecule has 150 valence electrons. The van der Waals surface area contributed by atoms with E-state index in [1.807, 2.05) is 20.8 Å². The van der Waals surface area contributed by atoms with E-state index in [9.17, 15) is 14.7 Å².